The summed E-state index contributed by atoms with van der Waals surface area (Å²) in [5, 5.41) is 16.7. The number of halogens is 2. The van der Waals surface area contributed by atoms with E-state index in [-0.39, 0.29) is 24.1 Å². The van der Waals surface area contributed by atoms with Crippen molar-refractivity contribution in [3.63, 3.8) is 0 Å². The Morgan fingerprint density at radius 3 is 2.60 bits per heavy atom. The number of hydrogen-bond acceptors (Lipinski definition) is 7. The van der Waals surface area contributed by atoms with E-state index in [4.69, 9.17) is 32.7 Å². The van der Waals surface area contributed by atoms with Crippen LogP contribution < -0.4 is 15.6 Å². The van der Waals surface area contributed by atoms with E-state index in [9.17, 15) is 9.59 Å². The Balaban J connectivity index is 1.54. The van der Waals surface area contributed by atoms with Gasteiger partial charge in [-0.15, -0.1) is 5.10 Å². The summed E-state index contributed by atoms with van der Waals surface area (Å²) < 4.78 is 15.5. The number of rotatable bonds is 9. The summed E-state index contributed by atoms with van der Waals surface area (Å²) in [5.41, 5.74) is 2.58. The molecule has 13 heteroatoms. The number of anilines is 1. The first-order valence-electron chi connectivity index (χ1n) is 12.2. The molecule has 40 heavy (non-hydrogen) atoms. The molecule has 0 aliphatic rings. The summed E-state index contributed by atoms with van der Waals surface area (Å²) in [6.07, 6.45) is 5.16. The fourth-order valence-corrected chi connectivity index (χ4v) is 4.81. The molecule has 0 aliphatic heterocycles. The van der Waals surface area contributed by atoms with Crippen molar-refractivity contribution in [2.75, 3.05) is 26.1 Å². The maximum absolute atomic E-state index is 13.5. The number of pyridine rings is 1. The Hall–Kier alpha value is -4.19. The molecule has 206 valence electrons. The van der Waals surface area contributed by atoms with Gasteiger partial charge in [0.25, 0.3) is 5.56 Å². The molecule has 11 nitrogen and oxygen atoms in total. The topological polar surface area (TPSA) is 118 Å². The highest BCUT2D eigenvalue weighted by Crippen LogP contribution is 2.35. The molecule has 3 aromatic heterocycles. The van der Waals surface area contributed by atoms with Crippen molar-refractivity contribution in [3.05, 3.63) is 81.6 Å². The van der Waals surface area contributed by atoms with Crippen LogP contribution in [0.25, 0.3) is 27.7 Å². The Morgan fingerprint density at radius 1 is 1.05 bits per heavy atom. The summed E-state index contributed by atoms with van der Waals surface area (Å²) in [6.45, 7) is 0.252. The van der Waals surface area contributed by atoms with Crippen LogP contribution in [0.1, 0.15) is 12.5 Å². The lowest BCUT2D eigenvalue weighted by Gasteiger charge is -2.21. The number of benzene rings is 2. The maximum atomic E-state index is 13.5. The quantitative estimate of drug-likeness (QED) is 0.272. The predicted molar refractivity (Wildman–Crippen MR) is 153 cm³/mol. The standard InChI is InChI=1S/C27H25Cl2N7O4/c1-34-13-16-10-18(5-6-21(16)32-34)30-27(38)23(8-9-39-2)35-14-24(40-3)20(12-26(35)37)19-11-17(28)4-7-22(19)36-15-25(29)31-33-36/h4-7,10-15,23H,8-9H2,1-3H3,(H,30,38). The molecule has 0 aliphatic carbocycles. The van der Waals surface area contributed by atoms with Gasteiger partial charge in [-0.1, -0.05) is 28.4 Å². The number of amides is 1. The predicted octanol–water partition coefficient (Wildman–Crippen LogP) is 4.51. The van der Waals surface area contributed by atoms with Gasteiger partial charge in [0.15, 0.2) is 5.15 Å². The molecule has 0 radical (unpaired) electrons. The van der Waals surface area contributed by atoms with E-state index in [0.29, 0.717) is 33.3 Å². The van der Waals surface area contributed by atoms with Crippen LogP contribution in [0.2, 0.25) is 10.2 Å². The van der Waals surface area contributed by atoms with Gasteiger partial charge in [0.2, 0.25) is 5.91 Å². The van der Waals surface area contributed by atoms with Crippen LogP contribution in [-0.4, -0.2) is 56.1 Å². The number of carbonyl (C=O) groups excluding carboxylic acids is 1. The van der Waals surface area contributed by atoms with E-state index in [1.807, 2.05) is 25.4 Å². The zero-order valence-electron chi connectivity index (χ0n) is 21.8. The van der Waals surface area contributed by atoms with Crippen LogP contribution in [0.4, 0.5) is 5.69 Å². The molecule has 0 fully saturated rings. The van der Waals surface area contributed by atoms with Crippen molar-refractivity contribution in [1.82, 2.24) is 29.3 Å². The maximum Gasteiger partial charge on any atom is 0.252 e. The zero-order valence-corrected chi connectivity index (χ0v) is 23.3. The van der Waals surface area contributed by atoms with Gasteiger partial charge in [-0.2, -0.15) is 5.10 Å². The molecule has 1 atom stereocenters. The number of aryl methyl sites for hydroxylation is 1. The minimum absolute atomic E-state index is 0.206. The Bertz CT molecular complexity index is 1760. The fourth-order valence-electron chi connectivity index (χ4n) is 4.51. The summed E-state index contributed by atoms with van der Waals surface area (Å²) in [7, 11) is 4.85. The normalized spacial score (nSPS) is 12.0. The van der Waals surface area contributed by atoms with Crippen LogP contribution in [0.5, 0.6) is 5.75 Å². The van der Waals surface area contributed by atoms with Crippen LogP contribution in [-0.2, 0) is 16.6 Å². The van der Waals surface area contributed by atoms with Crippen LogP contribution in [0.3, 0.4) is 0 Å². The highest BCUT2D eigenvalue weighted by molar-refractivity contribution is 6.31. The molecule has 2 aromatic carbocycles. The van der Waals surface area contributed by atoms with Gasteiger partial charge >= 0.3 is 0 Å². The lowest BCUT2D eigenvalue weighted by molar-refractivity contribution is -0.119. The second-order valence-electron chi connectivity index (χ2n) is 9.01. The van der Waals surface area contributed by atoms with E-state index in [2.05, 4.69) is 20.7 Å². The van der Waals surface area contributed by atoms with Gasteiger partial charge in [0, 0.05) is 66.7 Å². The molecule has 3 heterocycles. The van der Waals surface area contributed by atoms with Gasteiger partial charge in [-0.05, 0) is 36.4 Å². The van der Waals surface area contributed by atoms with Crippen molar-refractivity contribution >= 4 is 45.7 Å². The second kappa shape index (κ2) is 11.5. The van der Waals surface area contributed by atoms with E-state index >= 15 is 0 Å². The molecule has 1 amide bonds. The van der Waals surface area contributed by atoms with Crippen molar-refractivity contribution in [3.8, 4) is 22.6 Å². The SMILES string of the molecule is COCCC(C(=O)Nc1ccc2nn(C)cc2c1)n1cc(OC)c(-c2cc(Cl)ccc2-n2cc(Cl)nn2)cc1=O. The minimum atomic E-state index is -0.882. The van der Waals surface area contributed by atoms with Gasteiger partial charge in [0.1, 0.15) is 11.8 Å². The number of carbonyl (C=O) groups is 1. The lowest BCUT2D eigenvalue weighted by Crippen LogP contribution is -2.34. The molecule has 5 aromatic rings. The molecular formula is C27H25Cl2N7O4. The second-order valence-corrected chi connectivity index (χ2v) is 9.83. The first kappa shape index (κ1) is 27.4. The fraction of sp³-hybridized carbons (Fsp3) is 0.222. The molecule has 1 N–H and O–H groups in total. The number of methoxy groups -OCH3 is 2. The molecule has 0 saturated carbocycles. The summed E-state index contributed by atoms with van der Waals surface area (Å²) in [4.78, 5) is 27.1. The average molecular weight is 582 g/mol. The number of ether oxygens (including phenoxy) is 2. The van der Waals surface area contributed by atoms with Gasteiger partial charge in [-0.25, -0.2) is 4.68 Å². The van der Waals surface area contributed by atoms with Gasteiger partial charge in [-0.3, -0.25) is 18.8 Å². The minimum Gasteiger partial charge on any atom is -0.495 e. The van der Waals surface area contributed by atoms with Crippen molar-refractivity contribution in [2.24, 2.45) is 7.05 Å². The average Bonchev–Trinajstić information content (AvgIpc) is 3.53. The first-order valence-corrected chi connectivity index (χ1v) is 12.9. The molecule has 5 rings (SSSR count). The van der Waals surface area contributed by atoms with E-state index < -0.39 is 11.6 Å². The van der Waals surface area contributed by atoms with Gasteiger partial charge in [0.05, 0.1) is 30.7 Å². The molecule has 1 unspecified atom stereocenters. The third-order valence-electron chi connectivity index (χ3n) is 6.35. The molecule has 0 spiro atoms. The Kier molecular flexibility index (Phi) is 7.88. The largest absolute Gasteiger partial charge is 0.495 e. The molecule has 0 bridgehead atoms. The first-order chi connectivity index (χ1) is 19.3. The highest BCUT2D eigenvalue weighted by Gasteiger charge is 2.25. The third-order valence-corrected chi connectivity index (χ3v) is 6.75. The number of fused-ring (bicyclic) bond motifs is 1. The summed E-state index contributed by atoms with van der Waals surface area (Å²) >= 11 is 12.3. The third kappa shape index (κ3) is 5.57. The lowest BCUT2D eigenvalue weighted by atomic mass is 10.0. The number of hydrogen-bond donors (Lipinski definition) is 1. The van der Waals surface area contributed by atoms with Crippen molar-refractivity contribution < 1.29 is 14.3 Å². The monoisotopic (exact) mass is 581 g/mol. The highest BCUT2D eigenvalue weighted by atomic mass is 35.5. The van der Waals surface area contributed by atoms with Crippen LogP contribution in [0.15, 0.2) is 65.8 Å². The Labute approximate surface area is 238 Å². The molecular weight excluding hydrogens is 557 g/mol. The Morgan fingerprint density at radius 2 is 1.88 bits per heavy atom. The zero-order chi connectivity index (χ0) is 28.4. The van der Waals surface area contributed by atoms with Crippen molar-refractivity contribution in [2.45, 2.75) is 12.5 Å². The number of nitrogens with zero attached hydrogens (tertiary/aromatic N) is 6. The van der Waals surface area contributed by atoms with E-state index in [1.165, 1.54) is 41.9 Å². The van der Waals surface area contributed by atoms with E-state index in [1.54, 1.807) is 28.9 Å². The van der Waals surface area contributed by atoms with Crippen LogP contribution in [0, 0.1) is 0 Å². The van der Waals surface area contributed by atoms with Gasteiger partial charge < -0.3 is 14.8 Å². The van der Waals surface area contributed by atoms with Crippen LogP contribution >= 0.6 is 23.2 Å². The summed E-state index contributed by atoms with van der Waals surface area (Å²) in [5.74, 6) is -0.0285. The number of nitrogens with one attached hydrogen (secondary N) is 1. The smallest absolute Gasteiger partial charge is 0.252 e. The van der Waals surface area contributed by atoms with Crippen molar-refractivity contribution in [1.29, 1.82) is 0 Å². The molecule has 0 saturated heterocycles. The summed E-state index contributed by atoms with van der Waals surface area (Å²) in [6, 6.07) is 11.1. The number of aromatic nitrogens is 6. The van der Waals surface area contributed by atoms with E-state index in [0.717, 1.165) is 10.9 Å².